The molecule has 0 atom stereocenters. The van der Waals surface area contributed by atoms with E-state index in [-0.39, 0.29) is 0 Å². The fourth-order valence-electron chi connectivity index (χ4n) is 4.85. The predicted octanol–water partition coefficient (Wildman–Crippen LogP) is 8.30. The van der Waals surface area contributed by atoms with Gasteiger partial charge in [0.25, 0.3) is 0 Å². The first kappa shape index (κ1) is 16.2. The molecular formula is C28H17NS. The molecule has 2 heterocycles. The lowest BCUT2D eigenvalue weighted by molar-refractivity contribution is 1.21. The number of para-hydroxylation sites is 1. The number of hydrogen-bond donors (Lipinski definition) is 0. The molecule has 1 nitrogen and oxygen atoms in total. The Morgan fingerprint density at radius 1 is 0.467 bits per heavy atom. The van der Waals surface area contributed by atoms with Crippen molar-refractivity contribution < 1.29 is 0 Å². The number of fused-ring (bicyclic) bond motifs is 8. The number of aromatic nitrogens is 1. The van der Waals surface area contributed by atoms with Gasteiger partial charge in [0.1, 0.15) is 0 Å². The third-order valence-electron chi connectivity index (χ3n) is 6.17. The summed E-state index contributed by atoms with van der Waals surface area (Å²) in [7, 11) is 0. The SMILES string of the molecule is c1ccc2c(-n3c4ccccc4c4sc5c6ccccc6ccc5c43)cccc2c1. The van der Waals surface area contributed by atoms with Gasteiger partial charge in [-0.15, -0.1) is 11.3 Å². The van der Waals surface area contributed by atoms with Gasteiger partial charge in [-0.1, -0.05) is 91.0 Å². The second-order valence-electron chi connectivity index (χ2n) is 7.79. The summed E-state index contributed by atoms with van der Waals surface area (Å²) < 4.78 is 5.21. The van der Waals surface area contributed by atoms with E-state index in [1.54, 1.807) is 0 Å². The summed E-state index contributed by atoms with van der Waals surface area (Å²) in [5.41, 5.74) is 3.83. The molecule has 0 N–H and O–H groups in total. The Labute approximate surface area is 177 Å². The third kappa shape index (κ3) is 2.06. The summed E-state index contributed by atoms with van der Waals surface area (Å²) in [6.45, 7) is 0. The zero-order chi connectivity index (χ0) is 19.7. The molecule has 2 aromatic heterocycles. The molecule has 0 bridgehead atoms. The molecule has 30 heavy (non-hydrogen) atoms. The van der Waals surface area contributed by atoms with Crippen LogP contribution in [0.2, 0.25) is 0 Å². The molecule has 0 saturated heterocycles. The standard InChI is InChI=1S/C28H17NS/c1-3-11-20-18(8-1)10-7-15-24(20)29-25-14-6-5-13-22(25)28-26(29)23-17-16-19-9-2-4-12-21(19)27(23)30-28/h1-17H. The molecule has 0 aliphatic heterocycles. The Hall–Kier alpha value is -3.62. The number of rotatable bonds is 1. The normalized spacial score (nSPS) is 12.0. The van der Waals surface area contributed by atoms with Gasteiger partial charge in [-0.3, -0.25) is 0 Å². The van der Waals surface area contributed by atoms with E-state index in [0.717, 1.165) is 0 Å². The highest BCUT2D eigenvalue weighted by atomic mass is 32.1. The smallest absolute Gasteiger partial charge is 0.0728 e. The summed E-state index contributed by atoms with van der Waals surface area (Å²) in [5, 5.41) is 7.84. The largest absolute Gasteiger partial charge is 0.307 e. The van der Waals surface area contributed by atoms with E-state index in [2.05, 4.69) is 108 Å². The van der Waals surface area contributed by atoms with Crippen LogP contribution in [0.5, 0.6) is 0 Å². The van der Waals surface area contributed by atoms with Crippen LogP contribution in [-0.2, 0) is 0 Å². The molecule has 0 unspecified atom stereocenters. The Morgan fingerprint density at radius 2 is 1.13 bits per heavy atom. The first-order valence-corrected chi connectivity index (χ1v) is 11.0. The van der Waals surface area contributed by atoms with Crippen LogP contribution in [0.3, 0.4) is 0 Å². The van der Waals surface area contributed by atoms with Crippen molar-refractivity contribution in [2.24, 2.45) is 0 Å². The maximum absolute atomic E-state index is 2.47. The molecule has 5 aromatic carbocycles. The van der Waals surface area contributed by atoms with Crippen molar-refractivity contribution in [3.63, 3.8) is 0 Å². The molecule has 7 aromatic rings. The summed E-state index contributed by atoms with van der Waals surface area (Å²) in [5.74, 6) is 0. The van der Waals surface area contributed by atoms with Gasteiger partial charge in [0.05, 0.1) is 21.4 Å². The lowest BCUT2D eigenvalue weighted by Crippen LogP contribution is -1.95. The van der Waals surface area contributed by atoms with E-state index in [0.29, 0.717) is 0 Å². The lowest BCUT2D eigenvalue weighted by atomic mass is 10.1. The van der Waals surface area contributed by atoms with Gasteiger partial charge in [-0.2, -0.15) is 0 Å². The molecule has 0 radical (unpaired) electrons. The molecule has 0 aliphatic rings. The van der Waals surface area contributed by atoms with Crippen molar-refractivity contribution in [1.29, 1.82) is 0 Å². The van der Waals surface area contributed by atoms with Crippen molar-refractivity contribution in [1.82, 2.24) is 4.57 Å². The van der Waals surface area contributed by atoms with E-state index >= 15 is 0 Å². The fraction of sp³-hybridized carbons (Fsp3) is 0. The van der Waals surface area contributed by atoms with Crippen LogP contribution in [-0.4, -0.2) is 4.57 Å². The van der Waals surface area contributed by atoms with Gasteiger partial charge in [-0.05, 0) is 28.3 Å². The Morgan fingerprint density at radius 3 is 2.00 bits per heavy atom. The van der Waals surface area contributed by atoms with E-state index in [1.807, 2.05) is 11.3 Å². The second-order valence-corrected chi connectivity index (χ2v) is 8.81. The molecule has 140 valence electrons. The van der Waals surface area contributed by atoms with Crippen molar-refractivity contribution in [3.05, 3.63) is 103 Å². The zero-order valence-electron chi connectivity index (χ0n) is 16.2. The predicted molar refractivity (Wildman–Crippen MR) is 131 cm³/mol. The Balaban J connectivity index is 1.75. The summed E-state index contributed by atoms with van der Waals surface area (Å²) in [4.78, 5) is 0. The number of nitrogens with zero attached hydrogens (tertiary/aromatic N) is 1. The maximum Gasteiger partial charge on any atom is 0.0728 e. The quantitative estimate of drug-likeness (QED) is 0.262. The minimum absolute atomic E-state index is 1.24. The van der Waals surface area contributed by atoms with E-state index in [1.165, 1.54) is 58.4 Å². The average Bonchev–Trinajstić information content (AvgIpc) is 3.34. The minimum atomic E-state index is 1.24. The monoisotopic (exact) mass is 399 g/mol. The van der Waals surface area contributed by atoms with Crippen LogP contribution in [0.4, 0.5) is 0 Å². The molecule has 0 spiro atoms. The molecule has 0 saturated carbocycles. The van der Waals surface area contributed by atoms with Gasteiger partial charge in [0, 0.05) is 20.9 Å². The number of hydrogen-bond acceptors (Lipinski definition) is 1. The van der Waals surface area contributed by atoms with Gasteiger partial charge < -0.3 is 4.57 Å². The van der Waals surface area contributed by atoms with Gasteiger partial charge in [0.2, 0.25) is 0 Å². The molecule has 0 aliphatic carbocycles. The topological polar surface area (TPSA) is 4.93 Å². The van der Waals surface area contributed by atoms with Crippen molar-refractivity contribution in [3.8, 4) is 5.69 Å². The van der Waals surface area contributed by atoms with E-state index in [9.17, 15) is 0 Å². The Bertz CT molecular complexity index is 1740. The first-order valence-electron chi connectivity index (χ1n) is 10.2. The second kappa shape index (κ2) is 5.94. The fourth-order valence-corrected chi connectivity index (χ4v) is 6.21. The van der Waals surface area contributed by atoms with Gasteiger partial charge in [-0.25, -0.2) is 0 Å². The van der Waals surface area contributed by atoms with Gasteiger partial charge in [0.15, 0.2) is 0 Å². The van der Waals surface area contributed by atoms with Crippen LogP contribution >= 0.6 is 11.3 Å². The van der Waals surface area contributed by atoms with Crippen molar-refractivity contribution >= 4 is 64.1 Å². The average molecular weight is 400 g/mol. The zero-order valence-corrected chi connectivity index (χ0v) is 17.0. The van der Waals surface area contributed by atoms with E-state index < -0.39 is 0 Å². The van der Waals surface area contributed by atoms with Crippen LogP contribution in [0, 0.1) is 0 Å². The lowest BCUT2D eigenvalue weighted by Gasteiger charge is -2.11. The molecule has 2 heteroatoms. The number of benzene rings is 5. The van der Waals surface area contributed by atoms with Crippen LogP contribution in [0.1, 0.15) is 0 Å². The maximum atomic E-state index is 2.47. The first-order chi connectivity index (χ1) is 14.9. The third-order valence-corrected chi connectivity index (χ3v) is 7.44. The summed E-state index contributed by atoms with van der Waals surface area (Å²) in [6.07, 6.45) is 0. The summed E-state index contributed by atoms with van der Waals surface area (Å²) in [6, 6.07) is 37.4. The molecule has 0 fully saturated rings. The summed E-state index contributed by atoms with van der Waals surface area (Å²) >= 11 is 1.92. The van der Waals surface area contributed by atoms with E-state index in [4.69, 9.17) is 0 Å². The van der Waals surface area contributed by atoms with Crippen molar-refractivity contribution in [2.45, 2.75) is 0 Å². The Kier molecular flexibility index (Phi) is 3.21. The van der Waals surface area contributed by atoms with Crippen LogP contribution in [0.25, 0.3) is 58.4 Å². The molecule has 7 rings (SSSR count). The number of thiophene rings is 1. The van der Waals surface area contributed by atoms with Gasteiger partial charge >= 0.3 is 0 Å². The molecular weight excluding hydrogens is 382 g/mol. The highest BCUT2D eigenvalue weighted by Gasteiger charge is 2.19. The minimum Gasteiger partial charge on any atom is -0.307 e. The highest BCUT2D eigenvalue weighted by molar-refractivity contribution is 7.27. The van der Waals surface area contributed by atoms with Crippen LogP contribution < -0.4 is 0 Å². The molecule has 0 amide bonds. The van der Waals surface area contributed by atoms with Crippen LogP contribution in [0.15, 0.2) is 103 Å². The highest BCUT2D eigenvalue weighted by Crippen LogP contribution is 2.45. The van der Waals surface area contributed by atoms with Crippen molar-refractivity contribution in [2.75, 3.05) is 0 Å².